The van der Waals surface area contributed by atoms with Gasteiger partial charge in [0.25, 0.3) is 0 Å². The molecule has 3 heterocycles. The van der Waals surface area contributed by atoms with Gasteiger partial charge in [0.2, 0.25) is 5.91 Å². The van der Waals surface area contributed by atoms with E-state index in [1.54, 1.807) is 35.2 Å². The number of nitrogens with zero attached hydrogens (tertiary/aromatic N) is 6. The second-order valence-corrected chi connectivity index (χ2v) is 9.33. The number of benzene rings is 1. The van der Waals surface area contributed by atoms with Gasteiger partial charge in [-0.25, -0.2) is 23.1 Å². The summed E-state index contributed by atoms with van der Waals surface area (Å²) in [4.78, 5) is 26.0. The van der Waals surface area contributed by atoms with Gasteiger partial charge in [0.1, 0.15) is 17.6 Å². The SMILES string of the molecule is CC[C@H]1C(=O)N(C)c2cnc(CCc3cnn(Cc4cc(F)c(F)c(F)c4)c3)nc2N1CC1CC1. The molecule has 1 amide bonds. The molecule has 1 aliphatic heterocycles. The third-order valence-electron chi connectivity index (χ3n) is 6.68. The van der Waals surface area contributed by atoms with Crippen molar-refractivity contribution in [3.05, 3.63) is 65.1 Å². The first-order chi connectivity index (χ1) is 16.8. The van der Waals surface area contributed by atoms with Gasteiger partial charge in [-0.05, 0) is 54.9 Å². The van der Waals surface area contributed by atoms with E-state index < -0.39 is 17.5 Å². The predicted molar refractivity (Wildman–Crippen MR) is 125 cm³/mol. The number of aromatic nitrogens is 4. The van der Waals surface area contributed by atoms with Crippen LogP contribution in [0.1, 0.15) is 43.1 Å². The molecule has 0 bridgehead atoms. The van der Waals surface area contributed by atoms with Crippen LogP contribution in [0.15, 0.2) is 30.7 Å². The van der Waals surface area contributed by atoms with Gasteiger partial charge in [0, 0.05) is 26.2 Å². The topological polar surface area (TPSA) is 67.2 Å². The van der Waals surface area contributed by atoms with E-state index in [2.05, 4.69) is 15.0 Å². The van der Waals surface area contributed by atoms with E-state index in [1.165, 1.54) is 12.8 Å². The minimum atomic E-state index is -1.48. The predicted octanol–water partition coefficient (Wildman–Crippen LogP) is 3.90. The van der Waals surface area contributed by atoms with Crippen molar-refractivity contribution in [2.45, 2.75) is 51.6 Å². The third-order valence-corrected chi connectivity index (χ3v) is 6.68. The van der Waals surface area contributed by atoms with Crippen LogP contribution in [0.4, 0.5) is 24.7 Å². The Kier molecular flexibility index (Phi) is 6.21. The molecule has 1 aromatic carbocycles. The quantitative estimate of drug-likeness (QED) is 0.454. The summed E-state index contributed by atoms with van der Waals surface area (Å²) in [6.45, 7) is 2.98. The Morgan fingerprint density at radius 2 is 1.80 bits per heavy atom. The first-order valence-corrected chi connectivity index (χ1v) is 11.9. The van der Waals surface area contributed by atoms with Crippen molar-refractivity contribution in [1.82, 2.24) is 19.7 Å². The van der Waals surface area contributed by atoms with Gasteiger partial charge in [0.15, 0.2) is 23.3 Å². The molecule has 35 heavy (non-hydrogen) atoms. The fourth-order valence-corrected chi connectivity index (χ4v) is 4.55. The van der Waals surface area contributed by atoms with Crippen molar-refractivity contribution in [2.24, 2.45) is 5.92 Å². The Bertz CT molecular complexity index is 1230. The molecule has 0 radical (unpaired) electrons. The molecule has 0 N–H and O–H groups in total. The molecular weight excluding hydrogens is 457 g/mol. The van der Waals surface area contributed by atoms with Crippen LogP contribution in [0.2, 0.25) is 0 Å². The molecule has 7 nitrogen and oxygen atoms in total. The zero-order valence-corrected chi connectivity index (χ0v) is 19.7. The van der Waals surface area contributed by atoms with E-state index >= 15 is 0 Å². The Morgan fingerprint density at radius 1 is 1.06 bits per heavy atom. The molecule has 0 spiro atoms. The third kappa shape index (κ3) is 4.74. The number of hydrogen-bond acceptors (Lipinski definition) is 5. The number of hydrogen-bond donors (Lipinski definition) is 0. The van der Waals surface area contributed by atoms with Gasteiger partial charge in [-0.3, -0.25) is 9.48 Å². The minimum absolute atomic E-state index is 0.0744. The summed E-state index contributed by atoms with van der Waals surface area (Å²) in [5, 5.41) is 4.25. The van der Waals surface area contributed by atoms with Crippen LogP contribution in [0.3, 0.4) is 0 Å². The van der Waals surface area contributed by atoms with E-state index in [9.17, 15) is 18.0 Å². The average Bonchev–Trinajstić information content (AvgIpc) is 3.56. The molecule has 2 aliphatic rings. The largest absolute Gasteiger partial charge is 0.342 e. The molecule has 1 atom stereocenters. The van der Waals surface area contributed by atoms with Gasteiger partial charge in [0.05, 0.1) is 18.9 Å². The number of carbonyl (C=O) groups excluding carboxylic acids is 1. The lowest BCUT2D eigenvalue weighted by molar-refractivity contribution is -0.120. The van der Waals surface area contributed by atoms with Gasteiger partial charge >= 0.3 is 0 Å². The van der Waals surface area contributed by atoms with Crippen molar-refractivity contribution in [3.8, 4) is 0 Å². The molecular formula is C25H27F3N6O. The molecule has 0 unspecified atom stereocenters. The number of anilines is 2. The van der Waals surface area contributed by atoms with Gasteiger partial charge in [-0.2, -0.15) is 5.10 Å². The molecule has 0 saturated heterocycles. The maximum Gasteiger partial charge on any atom is 0.249 e. The van der Waals surface area contributed by atoms with Gasteiger partial charge in [-0.1, -0.05) is 6.92 Å². The highest BCUT2D eigenvalue weighted by atomic mass is 19.2. The number of fused-ring (bicyclic) bond motifs is 1. The minimum Gasteiger partial charge on any atom is -0.342 e. The number of likely N-dealkylation sites (N-methyl/N-ethyl adjacent to an activating group) is 1. The van der Waals surface area contributed by atoms with Crippen LogP contribution in [0.25, 0.3) is 0 Å². The molecule has 1 saturated carbocycles. The number of halogens is 3. The number of rotatable bonds is 8. The Labute approximate surface area is 201 Å². The second kappa shape index (κ2) is 9.31. The van der Waals surface area contributed by atoms with Crippen molar-refractivity contribution < 1.29 is 18.0 Å². The lowest BCUT2D eigenvalue weighted by atomic mass is 10.1. The Hall–Kier alpha value is -3.43. The fourth-order valence-electron chi connectivity index (χ4n) is 4.55. The number of aryl methyl sites for hydroxylation is 2. The van der Waals surface area contributed by atoms with E-state index in [1.807, 2.05) is 6.92 Å². The second-order valence-electron chi connectivity index (χ2n) is 9.33. The monoisotopic (exact) mass is 484 g/mol. The smallest absolute Gasteiger partial charge is 0.249 e. The lowest BCUT2D eigenvalue weighted by Crippen LogP contribution is -2.53. The highest BCUT2D eigenvalue weighted by Crippen LogP contribution is 2.38. The van der Waals surface area contributed by atoms with Crippen LogP contribution in [0.5, 0.6) is 0 Å². The molecule has 2 aromatic heterocycles. The average molecular weight is 485 g/mol. The van der Waals surface area contributed by atoms with Crippen molar-refractivity contribution in [2.75, 3.05) is 23.4 Å². The maximum atomic E-state index is 13.5. The summed E-state index contributed by atoms with van der Waals surface area (Å²) in [6.07, 6.45) is 9.49. The highest BCUT2D eigenvalue weighted by Gasteiger charge is 2.39. The summed E-state index contributed by atoms with van der Waals surface area (Å²) in [5.41, 5.74) is 1.94. The van der Waals surface area contributed by atoms with E-state index in [0.717, 1.165) is 42.2 Å². The lowest BCUT2D eigenvalue weighted by Gasteiger charge is -2.40. The van der Waals surface area contributed by atoms with Crippen LogP contribution >= 0.6 is 0 Å². The molecule has 184 valence electrons. The van der Waals surface area contributed by atoms with E-state index in [-0.39, 0.29) is 24.1 Å². The summed E-state index contributed by atoms with van der Waals surface area (Å²) in [6, 6.07) is 1.73. The van der Waals surface area contributed by atoms with Crippen LogP contribution < -0.4 is 9.80 Å². The molecule has 3 aromatic rings. The van der Waals surface area contributed by atoms with Crippen molar-refractivity contribution >= 4 is 17.4 Å². The molecule has 5 rings (SSSR count). The fraction of sp³-hybridized carbons (Fsp3) is 0.440. The number of amides is 1. The summed E-state index contributed by atoms with van der Waals surface area (Å²) in [7, 11) is 1.77. The summed E-state index contributed by atoms with van der Waals surface area (Å²) < 4.78 is 41.7. The maximum absolute atomic E-state index is 13.5. The number of carbonyl (C=O) groups is 1. The summed E-state index contributed by atoms with van der Waals surface area (Å²) >= 11 is 0. The first-order valence-electron chi connectivity index (χ1n) is 11.9. The van der Waals surface area contributed by atoms with Crippen molar-refractivity contribution in [3.63, 3.8) is 0 Å². The van der Waals surface area contributed by atoms with E-state index in [4.69, 9.17) is 4.98 Å². The highest BCUT2D eigenvalue weighted by molar-refractivity contribution is 6.04. The standard InChI is InChI=1S/C25H27F3N6O/c1-3-20-25(35)32(2)21-11-29-22(31-24(21)34(20)14-15-4-5-15)7-6-16-10-30-33(12-16)13-17-8-18(26)23(28)19(27)9-17/h8-12,15,20H,3-7,13-14H2,1-2H3/t20-/m0/s1. The molecule has 1 aliphatic carbocycles. The normalized spacial score (nSPS) is 17.7. The van der Waals surface area contributed by atoms with E-state index in [0.29, 0.717) is 24.6 Å². The first kappa shape index (κ1) is 23.3. The van der Waals surface area contributed by atoms with Crippen LogP contribution in [0, 0.1) is 23.4 Å². The zero-order chi connectivity index (χ0) is 24.7. The molecule has 1 fully saturated rings. The van der Waals surface area contributed by atoms with Crippen molar-refractivity contribution in [1.29, 1.82) is 0 Å². The Balaban J connectivity index is 1.30. The van der Waals surface area contributed by atoms with Gasteiger partial charge < -0.3 is 9.80 Å². The zero-order valence-electron chi connectivity index (χ0n) is 19.7. The van der Waals surface area contributed by atoms with Crippen LogP contribution in [-0.2, 0) is 24.2 Å². The van der Waals surface area contributed by atoms with Crippen LogP contribution in [-0.4, -0.2) is 45.3 Å². The van der Waals surface area contributed by atoms with Gasteiger partial charge in [-0.15, -0.1) is 0 Å². The summed E-state index contributed by atoms with van der Waals surface area (Å²) in [5.74, 6) is -1.73. The Morgan fingerprint density at radius 3 is 2.49 bits per heavy atom. The molecule has 10 heteroatoms.